The molecule has 2 nitrogen and oxygen atoms in total. The van der Waals surface area contributed by atoms with Crippen LogP contribution in [-0.2, 0) is 0 Å². The van der Waals surface area contributed by atoms with Crippen molar-refractivity contribution in [2.75, 3.05) is 5.32 Å². The lowest BCUT2D eigenvalue weighted by Gasteiger charge is -2.24. The Morgan fingerprint density at radius 1 is 1.32 bits per heavy atom. The first-order valence-electron chi connectivity index (χ1n) is 6.95. The van der Waals surface area contributed by atoms with Crippen molar-refractivity contribution in [1.29, 1.82) is 0 Å². The van der Waals surface area contributed by atoms with Gasteiger partial charge in [-0.3, -0.25) is 0 Å². The van der Waals surface area contributed by atoms with Gasteiger partial charge in [0.2, 0.25) is 0 Å². The molecule has 2 bridgehead atoms. The summed E-state index contributed by atoms with van der Waals surface area (Å²) in [6.07, 6.45) is 5.44. The normalized spacial score (nSPS) is 28.4. The minimum absolute atomic E-state index is 0.569. The van der Waals surface area contributed by atoms with E-state index in [1.54, 1.807) is 0 Å². The van der Waals surface area contributed by atoms with Crippen LogP contribution in [0.5, 0.6) is 0 Å². The number of nitrogens with one attached hydrogen (secondary N) is 2. The van der Waals surface area contributed by atoms with Crippen molar-refractivity contribution < 1.29 is 0 Å². The summed E-state index contributed by atoms with van der Waals surface area (Å²) in [6.45, 7) is 2.00. The molecule has 2 N–H and O–H groups in total. The van der Waals surface area contributed by atoms with Gasteiger partial charge in [-0.1, -0.05) is 24.1 Å². The number of hydrogen-bond donors (Lipinski definition) is 2. The number of anilines is 1. The van der Waals surface area contributed by atoms with Crippen molar-refractivity contribution in [3.8, 4) is 0 Å². The fourth-order valence-corrected chi connectivity index (χ4v) is 3.88. The average molecular weight is 295 g/mol. The zero-order valence-electron chi connectivity index (χ0n) is 11.1. The van der Waals surface area contributed by atoms with E-state index in [2.05, 4.69) is 10.6 Å². The van der Waals surface area contributed by atoms with Crippen molar-refractivity contribution >= 4 is 34.6 Å². The van der Waals surface area contributed by atoms with Crippen molar-refractivity contribution in [2.24, 2.45) is 11.8 Å². The van der Waals surface area contributed by atoms with Gasteiger partial charge in [-0.05, 0) is 67.9 Å². The Morgan fingerprint density at radius 3 is 2.79 bits per heavy atom. The number of aryl methyl sites for hydroxylation is 1. The molecule has 2 fully saturated rings. The van der Waals surface area contributed by atoms with E-state index in [0.29, 0.717) is 6.04 Å². The zero-order chi connectivity index (χ0) is 13.4. The van der Waals surface area contributed by atoms with E-state index in [1.807, 2.05) is 25.1 Å². The number of rotatable bonds is 2. The summed E-state index contributed by atoms with van der Waals surface area (Å²) in [6, 6.07) is 6.51. The predicted octanol–water partition coefficient (Wildman–Crippen LogP) is 4.12. The van der Waals surface area contributed by atoms with Crippen LogP contribution in [0.4, 0.5) is 5.69 Å². The third kappa shape index (κ3) is 2.87. The second kappa shape index (κ2) is 5.29. The second-order valence-electron chi connectivity index (χ2n) is 5.84. The highest BCUT2D eigenvalue weighted by molar-refractivity contribution is 7.80. The van der Waals surface area contributed by atoms with E-state index in [-0.39, 0.29) is 0 Å². The fourth-order valence-electron chi connectivity index (χ4n) is 3.43. The number of fused-ring (bicyclic) bond motifs is 2. The van der Waals surface area contributed by atoms with E-state index in [4.69, 9.17) is 23.8 Å². The molecular formula is C15H19ClN2S. The van der Waals surface area contributed by atoms with Crippen LogP contribution in [-0.4, -0.2) is 11.2 Å². The summed E-state index contributed by atoms with van der Waals surface area (Å²) in [5.74, 6) is 1.76. The zero-order valence-corrected chi connectivity index (χ0v) is 12.7. The van der Waals surface area contributed by atoms with E-state index >= 15 is 0 Å². The van der Waals surface area contributed by atoms with Gasteiger partial charge >= 0.3 is 0 Å². The lowest BCUT2D eigenvalue weighted by molar-refractivity contribution is 0.392. The van der Waals surface area contributed by atoms with Crippen LogP contribution in [0.1, 0.15) is 31.2 Å². The first-order valence-corrected chi connectivity index (χ1v) is 7.74. The lowest BCUT2D eigenvalue weighted by atomic mass is 9.96. The van der Waals surface area contributed by atoms with Crippen molar-refractivity contribution in [3.05, 3.63) is 28.8 Å². The van der Waals surface area contributed by atoms with E-state index in [0.717, 1.165) is 33.2 Å². The Balaban J connectivity index is 1.57. The Bertz CT molecular complexity index is 503. The van der Waals surface area contributed by atoms with E-state index in [1.165, 1.54) is 25.7 Å². The molecule has 0 saturated heterocycles. The molecule has 0 heterocycles. The standard InChI is InChI=1S/C15H19ClN2S/c1-9-2-5-12(8-13(9)16)17-15(19)18-14-7-10-3-4-11(14)6-10/h2,5,8,10-11,14H,3-4,6-7H2,1H3,(H2,17,18,19)/t10-,11+,14+/m0/s1. The molecule has 3 rings (SSSR count). The Morgan fingerprint density at radius 2 is 2.16 bits per heavy atom. The van der Waals surface area contributed by atoms with Gasteiger partial charge in [-0.15, -0.1) is 0 Å². The minimum Gasteiger partial charge on any atom is -0.359 e. The summed E-state index contributed by atoms with van der Waals surface area (Å²) in [4.78, 5) is 0. The summed E-state index contributed by atoms with van der Waals surface area (Å²) in [5, 5.41) is 8.19. The molecule has 0 aromatic heterocycles. The van der Waals surface area contributed by atoms with Crippen LogP contribution in [0.3, 0.4) is 0 Å². The predicted molar refractivity (Wildman–Crippen MR) is 84.8 cm³/mol. The first-order chi connectivity index (χ1) is 9.11. The molecule has 19 heavy (non-hydrogen) atoms. The van der Waals surface area contributed by atoms with Crippen LogP contribution < -0.4 is 10.6 Å². The molecule has 0 spiro atoms. The molecule has 0 radical (unpaired) electrons. The number of benzene rings is 1. The quantitative estimate of drug-likeness (QED) is 0.802. The van der Waals surface area contributed by atoms with E-state index in [9.17, 15) is 0 Å². The first kappa shape index (κ1) is 13.2. The summed E-state index contributed by atoms with van der Waals surface area (Å²) >= 11 is 11.5. The number of thiocarbonyl (C=S) groups is 1. The van der Waals surface area contributed by atoms with Gasteiger partial charge in [-0.25, -0.2) is 0 Å². The van der Waals surface area contributed by atoms with Crippen LogP contribution in [0.15, 0.2) is 18.2 Å². The molecule has 0 aliphatic heterocycles. The van der Waals surface area contributed by atoms with Gasteiger partial charge in [0, 0.05) is 16.8 Å². The molecule has 2 saturated carbocycles. The highest BCUT2D eigenvalue weighted by Crippen LogP contribution is 2.44. The van der Waals surface area contributed by atoms with Gasteiger partial charge in [0.1, 0.15) is 0 Å². The van der Waals surface area contributed by atoms with Gasteiger partial charge in [-0.2, -0.15) is 0 Å². The Kier molecular flexibility index (Phi) is 3.68. The highest BCUT2D eigenvalue weighted by Gasteiger charge is 2.39. The van der Waals surface area contributed by atoms with Gasteiger partial charge in [0.25, 0.3) is 0 Å². The van der Waals surface area contributed by atoms with Gasteiger partial charge in [0.05, 0.1) is 0 Å². The lowest BCUT2D eigenvalue weighted by Crippen LogP contribution is -2.40. The Labute approximate surface area is 124 Å². The molecule has 2 aliphatic rings. The molecular weight excluding hydrogens is 276 g/mol. The van der Waals surface area contributed by atoms with Crippen LogP contribution in [0, 0.1) is 18.8 Å². The molecule has 1 aromatic rings. The fraction of sp³-hybridized carbons (Fsp3) is 0.533. The largest absolute Gasteiger partial charge is 0.359 e. The summed E-state index contributed by atoms with van der Waals surface area (Å²) in [5.41, 5.74) is 2.04. The van der Waals surface area contributed by atoms with Crippen LogP contribution in [0.25, 0.3) is 0 Å². The SMILES string of the molecule is Cc1ccc(NC(=S)N[C@@H]2C[C@H]3CC[C@@H]2C3)cc1Cl. The molecule has 3 atom stereocenters. The Hall–Kier alpha value is -0.800. The second-order valence-corrected chi connectivity index (χ2v) is 6.66. The third-order valence-electron chi connectivity index (χ3n) is 4.48. The monoisotopic (exact) mass is 294 g/mol. The maximum atomic E-state index is 6.12. The van der Waals surface area contributed by atoms with Gasteiger partial charge < -0.3 is 10.6 Å². The average Bonchev–Trinajstić information content (AvgIpc) is 2.96. The minimum atomic E-state index is 0.569. The molecule has 0 unspecified atom stereocenters. The van der Waals surface area contributed by atoms with E-state index < -0.39 is 0 Å². The summed E-state index contributed by atoms with van der Waals surface area (Å²) in [7, 11) is 0. The highest BCUT2D eigenvalue weighted by atomic mass is 35.5. The maximum absolute atomic E-state index is 6.12. The smallest absolute Gasteiger partial charge is 0.171 e. The topological polar surface area (TPSA) is 24.1 Å². The number of halogens is 1. The van der Waals surface area contributed by atoms with Crippen molar-refractivity contribution in [2.45, 2.75) is 38.6 Å². The third-order valence-corrected chi connectivity index (χ3v) is 5.11. The van der Waals surface area contributed by atoms with Crippen molar-refractivity contribution in [1.82, 2.24) is 5.32 Å². The summed E-state index contributed by atoms with van der Waals surface area (Å²) < 4.78 is 0. The molecule has 2 aliphatic carbocycles. The molecule has 102 valence electrons. The number of hydrogen-bond acceptors (Lipinski definition) is 1. The van der Waals surface area contributed by atoms with Crippen LogP contribution in [0.2, 0.25) is 5.02 Å². The van der Waals surface area contributed by atoms with Gasteiger partial charge in [0.15, 0.2) is 5.11 Å². The maximum Gasteiger partial charge on any atom is 0.171 e. The molecule has 0 amide bonds. The molecule has 4 heteroatoms. The molecule has 1 aromatic carbocycles. The van der Waals surface area contributed by atoms with Crippen LogP contribution >= 0.6 is 23.8 Å². The van der Waals surface area contributed by atoms with Crippen molar-refractivity contribution in [3.63, 3.8) is 0 Å².